The molecule has 0 fully saturated rings. The van der Waals surface area contributed by atoms with E-state index in [1.165, 1.54) is 7.11 Å². The van der Waals surface area contributed by atoms with Gasteiger partial charge >= 0.3 is 0 Å². The lowest BCUT2D eigenvalue weighted by atomic mass is 10.1. The van der Waals surface area contributed by atoms with Crippen LogP contribution in [0, 0.1) is 22.7 Å². The van der Waals surface area contributed by atoms with Crippen LogP contribution in [0.25, 0.3) is 0 Å². The van der Waals surface area contributed by atoms with Gasteiger partial charge in [0.2, 0.25) is 0 Å². The zero-order valence-electron chi connectivity index (χ0n) is 7.74. The Morgan fingerprint density at radius 1 is 1.43 bits per heavy atom. The van der Waals surface area contributed by atoms with Crippen LogP contribution in [0.5, 0.6) is 5.75 Å². The molecule has 0 aliphatic heterocycles. The van der Waals surface area contributed by atoms with Gasteiger partial charge in [-0.1, -0.05) is 0 Å². The average molecular weight is 187 g/mol. The molecule has 0 amide bonds. The first-order valence-electron chi connectivity index (χ1n) is 3.96. The highest BCUT2D eigenvalue weighted by molar-refractivity contribution is 5.62. The van der Waals surface area contributed by atoms with Crippen LogP contribution >= 0.6 is 0 Å². The number of ether oxygens (including phenoxy) is 1. The van der Waals surface area contributed by atoms with Crippen molar-refractivity contribution in [1.82, 2.24) is 0 Å². The first kappa shape index (κ1) is 9.88. The molecular formula is C10H9N3O. The fraction of sp³-hybridized carbons (Fsp3) is 0.200. The third-order valence-electron chi connectivity index (χ3n) is 1.86. The van der Waals surface area contributed by atoms with Gasteiger partial charge in [0.05, 0.1) is 30.9 Å². The summed E-state index contributed by atoms with van der Waals surface area (Å²) in [5.74, 6) is 0.543. The molecule has 0 bridgehead atoms. The number of anilines is 1. The van der Waals surface area contributed by atoms with Gasteiger partial charge in [-0.2, -0.15) is 10.5 Å². The van der Waals surface area contributed by atoms with E-state index in [1.54, 1.807) is 12.1 Å². The fourth-order valence-corrected chi connectivity index (χ4v) is 1.13. The maximum atomic E-state index is 8.76. The summed E-state index contributed by atoms with van der Waals surface area (Å²) >= 11 is 0. The van der Waals surface area contributed by atoms with Gasteiger partial charge in [-0.05, 0) is 17.7 Å². The Balaban J connectivity index is 3.30. The predicted octanol–water partition coefficient (Wildman–Crippen LogP) is 1.22. The molecule has 0 aliphatic rings. The van der Waals surface area contributed by atoms with Gasteiger partial charge in [0, 0.05) is 0 Å². The third kappa shape index (κ3) is 1.75. The highest BCUT2D eigenvalue weighted by Gasteiger charge is 2.07. The zero-order chi connectivity index (χ0) is 10.6. The van der Waals surface area contributed by atoms with Crippen molar-refractivity contribution >= 4 is 5.69 Å². The van der Waals surface area contributed by atoms with Crippen molar-refractivity contribution in [2.75, 3.05) is 12.8 Å². The Bertz CT molecular complexity index is 426. The summed E-state index contributed by atoms with van der Waals surface area (Å²) in [6, 6.07) is 7.15. The molecule has 0 spiro atoms. The van der Waals surface area contributed by atoms with E-state index < -0.39 is 0 Å². The van der Waals surface area contributed by atoms with Gasteiger partial charge < -0.3 is 10.5 Å². The van der Waals surface area contributed by atoms with Crippen LogP contribution in [-0.2, 0) is 6.42 Å². The average Bonchev–Trinajstić information content (AvgIpc) is 2.21. The second-order valence-electron chi connectivity index (χ2n) is 2.69. The van der Waals surface area contributed by atoms with Crippen molar-refractivity contribution in [3.8, 4) is 17.9 Å². The third-order valence-corrected chi connectivity index (χ3v) is 1.86. The molecule has 0 atom stereocenters. The molecule has 0 aliphatic carbocycles. The summed E-state index contributed by atoms with van der Waals surface area (Å²) in [5.41, 5.74) is 7.00. The molecule has 70 valence electrons. The molecular weight excluding hydrogens is 178 g/mol. The number of nitrogen functional groups attached to an aromatic ring is 1. The molecule has 4 nitrogen and oxygen atoms in total. The molecule has 4 heteroatoms. The molecule has 0 unspecified atom stereocenters. The summed E-state index contributed by atoms with van der Waals surface area (Å²) in [4.78, 5) is 0. The van der Waals surface area contributed by atoms with Crippen LogP contribution in [0.3, 0.4) is 0 Å². The predicted molar refractivity (Wildman–Crippen MR) is 51.4 cm³/mol. The Labute approximate surface area is 82.1 Å². The lowest BCUT2D eigenvalue weighted by Gasteiger charge is -2.06. The normalized spacial score (nSPS) is 8.79. The first-order chi connectivity index (χ1) is 6.72. The summed E-state index contributed by atoms with van der Waals surface area (Å²) in [6.07, 6.45) is 0.178. The molecule has 0 radical (unpaired) electrons. The number of nitriles is 2. The summed E-state index contributed by atoms with van der Waals surface area (Å²) in [5, 5.41) is 17.3. The molecule has 0 saturated heterocycles. The minimum Gasteiger partial charge on any atom is -0.497 e. The van der Waals surface area contributed by atoms with E-state index in [2.05, 4.69) is 0 Å². The highest BCUT2D eigenvalue weighted by Crippen LogP contribution is 2.24. The lowest BCUT2D eigenvalue weighted by Crippen LogP contribution is -1.98. The highest BCUT2D eigenvalue weighted by atomic mass is 16.5. The zero-order valence-corrected chi connectivity index (χ0v) is 7.74. The topological polar surface area (TPSA) is 82.8 Å². The maximum Gasteiger partial charge on any atom is 0.120 e. The van der Waals surface area contributed by atoms with Crippen molar-refractivity contribution in [2.24, 2.45) is 0 Å². The Hall–Kier alpha value is -2.20. The Kier molecular flexibility index (Phi) is 2.93. The van der Waals surface area contributed by atoms with Gasteiger partial charge in [0.25, 0.3) is 0 Å². The molecule has 1 aromatic carbocycles. The number of methoxy groups -OCH3 is 1. The lowest BCUT2D eigenvalue weighted by molar-refractivity contribution is 0.414. The van der Waals surface area contributed by atoms with Gasteiger partial charge in [-0.15, -0.1) is 0 Å². The van der Waals surface area contributed by atoms with E-state index in [9.17, 15) is 0 Å². The monoisotopic (exact) mass is 187 g/mol. The van der Waals surface area contributed by atoms with Crippen LogP contribution < -0.4 is 10.5 Å². The summed E-state index contributed by atoms with van der Waals surface area (Å²) in [6.45, 7) is 0. The van der Waals surface area contributed by atoms with E-state index in [4.69, 9.17) is 21.0 Å². The largest absolute Gasteiger partial charge is 0.497 e. The number of hydrogen-bond donors (Lipinski definition) is 1. The van der Waals surface area contributed by atoms with Gasteiger partial charge in [0.15, 0.2) is 0 Å². The van der Waals surface area contributed by atoms with Crippen molar-refractivity contribution in [1.29, 1.82) is 10.5 Å². The summed E-state index contributed by atoms with van der Waals surface area (Å²) < 4.78 is 4.98. The minimum absolute atomic E-state index is 0.178. The van der Waals surface area contributed by atoms with Crippen LogP contribution in [0.2, 0.25) is 0 Å². The summed E-state index contributed by atoms with van der Waals surface area (Å²) in [7, 11) is 1.50. The maximum absolute atomic E-state index is 8.76. The molecule has 0 aromatic heterocycles. The Morgan fingerprint density at radius 2 is 2.14 bits per heavy atom. The smallest absolute Gasteiger partial charge is 0.120 e. The van der Waals surface area contributed by atoms with Crippen molar-refractivity contribution in [3.63, 3.8) is 0 Å². The van der Waals surface area contributed by atoms with E-state index in [0.717, 1.165) is 0 Å². The van der Waals surface area contributed by atoms with E-state index >= 15 is 0 Å². The van der Waals surface area contributed by atoms with Crippen molar-refractivity contribution in [3.05, 3.63) is 23.3 Å². The molecule has 1 rings (SSSR count). The van der Waals surface area contributed by atoms with Gasteiger partial charge in [-0.25, -0.2) is 0 Å². The fourth-order valence-electron chi connectivity index (χ4n) is 1.13. The number of benzene rings is 1. The van der Waals surface area contributed by atoms with Crippen molar-refractivity contribution in [2.45, 2.75) is 6.42 Å². The SMILES string of the molecule is COc1cc(C#N)c(N)c(CC#N)c1. The molecule has 0 heterocycles. The second-order valence-corrected chi connectivity index (χ2v) is 2.69. The molecule has 2 N–H and O–H groups in total. The Morgan fingerprint density at radius 3 is 2.64 bits per heavy atom. The van der Waals surface area contributed by atoms with E-state index in [1.807, 2.05) is 12.1 Å². The van der Waals surface area contributed by atoms with Crippen LogP contribution in [-0.4, -0.2) is 7.11 Å². The number of nitrogens with two attached hydrogens (primary N) is 1. The molecule has 1 aromatic rings. The van der Waals surface area contributed by atoms with Crippen molar-refractivity contribution < 1.29 is 4.74 Å². The number of nitrogens with zero attached hydrogens (tertiary/aromatic N) is 2. The van der Waals surface area contributed by atoms with E-state index in [0.29, 0.717) is 22.6 Å². The molecule has 14 heavy (non-hydrogen) atoms. The number of rotatable bonds is 2. The standard InChI is InChI=1S/C10H9N3O/c1-14-9-4-7(2-3-11)10(13)8(5-9)6-12/h4-5H,2,13H2,1H3. The van der Waals surface area contributed by atoms with Crippen LogP contribution in [0.15, 0.2) is 12.1 Å². The quantitative estimate of drug-likeness (QED) is 0.705. The second kappa shape index (κ2) is 4.15. The van der Waals surface area contributed by atoms with Crippen LogP contribution in [0.4, 0.5) is 5.69 Å². The van der Waals surface area contributed by atoms with Crippen LogP contribution in [0.1, 0.15) is 11.1 Å². The van der Waals surface area contributed by atoms with Gasteiger partial charge in [0.1, 0.15) is 11.8 Å². The minimum atomic E-state index is 0.178. The molecule has 0 saturated carbocycles. The van der Waals surface area contributed by atoms with Gasteiger partial charge in [-0.3, -0.25) is 0 Å². The number of hydrogen-bond acceptors (Lipinski definition) is 4. The van der Waals surface area contributed by atoms with E-state index in [-0.39, 0.29) is 6.42 Å². The first-order valence-corrected chi connectivity index (χ1v) is 3.96.